The molecule has 0 aliphatic carbocycles. The lowest BCUT2D eigenvalue weighted by Gasteiger charge is -2.11. The molecule has 1 aromatic heterocycles. The third-order valence-corrected chi connectivity index (χ3v) is 3.01. The Labute approximate surface area is 111 Å². The van der Waals surface area contributed by atoms with Gasteiger partial charge in [0, 0.05) is 0 Å². The maximum atomic E-state index is 14.1. The highest BCUT2D eigenvalue weighted by Gasteiger charge is 2.22. The molecule has 2 rings (SSSR count). The molecule has 0 bridgehead atoms. The van der Waals surface area contributed by atoms with E-state index in [1.165, 1.54) is 7.11 Å². The van der Waals surface area contributed by atoms with Gasteiger partial charge in [-0.2, -0.15) is 4.98 Å². The average Bonchev–Trinajstić information content (AvgIpc) is 2.81. The molecule has 18 heavy (non-hydrogen) atoms. The first-order valence-electron chi connectivity index (χ1n) is 5.14. The van der Waals surface area contributed by atoms with Crippen molar-refractivity contribution < 1.29 is 13.7 Å². The largest absolute Gasteiger partial charge is 0.496 e. The van der Waals surface area contributed by atoms with E-state index < -0.39 is 5.82 Å². The van der Waals surface area contributed by atoms with E-state index in [1.807, 2.05) is 0 Å². The number of nitrogens with two attached hydrogens (primary N) is 1. The van der Waals surface area contributed by atoms with Crippen LogP contribution in [0.4, 0.5) is 4.39 Å². The van der Waals surface area contributed by atoms with Gasteiger partial charge in [-0.15, -0.1) is 0 Å². The Bertz CT molecular complexity index is 586. The first-order valence-corrected chi connectivity index (χ1v) is 5.93. The van der Waals surface area contributed by atoms with E-state index in [0.717, 1.165) is 5.56 Å². The normalized spacial score (nSPS) is 10.7. The molecule has 7 heteroatoms. The van der Waals surface area contributed by atoms with Crippen molar-refractivity contribution in [1.82, 2.24) is 10.1 Å². The Hall–Kier alpha value is -1.47. The van der Waals surface area contributed by atoms with Crippen molar-refractivity contribution in [1.29, 1.82) is 0 Å². The molecular formula is C11H11BrFN3O2. The first kappa shape index (κ1) is 13.0. The van der Waals surface area contributed by atoms with Crippen molar-refractivity contribution in [3.8, 4) is 17.1 Å². The molecule has 0 fully saturated rings. The Kier molecular flexibility index (Phi) is 3.63. The van der Waals surface area contributed by atoms with Gasteiger partial charge in [-0.1, -0.05) is 5.16 Å². The van der Waals surface area contributed by atoms with Crippen molar-refractivity contribution in [3.05, 3.63) is 27.8 Å². The zero-order valence-corrected chi connectivity index (χ0v) is 11.4. The van der Waals surface area contributed by atoms with Gasteiger partial charge >= 0.3 is 0 Å². The second-order valence-corrected chi connectivity index (χ2v) is 4.47. The first-order chi connectivity index (χ1) is 8.58. The van der Waals surface area contributed by atoms with Crippen LogP contribution in [-0.2, 0) is 6.54 Å². The van der Waals surface area contributed by atoms with E-state index in [1.54, 1.807) is 13.0 Å². The van der Waals surface area contributed by atoms with Gasteiger partial charge in [-0.05, 0) is 34.5 Å². The summed E-state index contributed by atoms with van der Waals surface area (Å²) in [5.41, 5.74) is 6.30. The van der Waals surface area contributed by atoms with Crippen molar-refractivity contribution in [2.24, 2.45) is 5.73 Å². The van der Waals surface area contributed by atoms with Crippen LogP contribution in [0, 0.1) is 12.7 Å². The summed E-state index contributed by atoms with van der Waals surface area (Å²) in [5, 5.41) is 3.70. The van der Waals surface area contributed by atoms with Crippen LogP contribution < -0.4 is 10.5 Å². The average molecular weight is 316 g/mol. The monoisotopic (exact) mass is 315 g/mol. The molecule has 0 radical (unpaired) electrons. The predicted molar refractivity (Wildman–Crippen MR) is 66.6 cm³/mol. The van der Waals surface area contributed by atoms with E-state index in [4.69, 9.17) is 15.0 Å². The minimum atomic E-state index is -0.498. The summed E-state index contributed by atoms with van der Waals surface area (Å²) in [4.78, 5) is 4.01. The summed E-state index contributed by atoms with van der Waals surface area (Å²) in [6.07, 6.45) is 0. The third-order valence-electron chi connectivity index (χ3n) is 2.43. The minimum Gasteiger partial charge on any atom is -0.496 e. The van der Waals surface area contributed by atoms with Crippen LogP contribution in [0.15, 0.2) is 15.1 Å². The molecule has 0 spiro atoms. The maximum Gasteiger partial charge on any atom is 0.240 e. The molecule has 0 saturated carbocycles. The fraction of sp³-hybridized carbons (Fsp3) is 0.273. The number of hydrogen-bond donors (Lipinski definition) is 1. The second kappa shape index (κ2) is 5.03. The van der Waals surface area contributed by atoms with Gasteiger partial charge in [-0.25, -0.2) is 4.39 Å². The van der Waals surface area contributed by atoms with Gasteiger partial charge in [0.1, 0.15) is 11.3 Å². The van der Waals surface area contributed by atoms with Gasteiger partial charge in [-0.3, -0.25) is 0 Å². The second-order valence-electron chi connectivity index (χ2n) is 3.61. The van der Waals surface area contributed by atoms with Gasteiger partial charge < -0.3 is 15.0 Å². The number of methoxy groups -OCH3 is 1. The van der Waals surface area contributed by atoms with Crippen LogP contribution in [0.5, 0.6) is 5.75 Å². The SMILES string of the molecule is COc1c(C)cc(Br)c(F)c1-c1noc(CN)n1. The molecule has 2 N–H and O–H groups in total. The van der Waals surface area contributed by atoms with E-state index in [0.29, 0.717) is 10.2 Å². The zero-order chi connectivity index (χ0) is 13.3. The maximum absolute atomic E-state index is 14.1. The summed E-state index contributed by atoms with van der Waals surface area (Å²) >= 11 is 3.14. The van der Waals surface area contributed by atoms with Crippen LogP contribution in [0.1, 0.15) is 11.5 Å². The molecule has 0 amide bonds. The quantitative estimate of drug-likeness (QED) is 0.941. The lowest BCUT2D eigenvalue weighted by molar-refractivity contribution is 0.379. The highest BCUT2D eigenvalue weighted by molar-refractivity contribution is 9.10. The molecule has 0 unspecified atom stereocenters. The van der Waals surface area contributed by atoms with Crippen LogP contribution in [0.3, 0.4) is 0 Å². The van der Waals surface area contributed by atoms with E-state index in [-0.39, 0.29) is 23.8 Å². The molecule has 5 nitrogen and oxygen atoms in total. The summed E-state index contributed by atoms with van der Waals surface area (Å²) < 4.78 is 24.5. The molecule has 0 aliphatic rings. The Morgan fingerprint density at radius 3 is 2.83 bits per heavy atom. The number of halogens is 2. The number of aromatic nitrogens is 2. The van der Waals surface area contributed by atoms with E-state index in [2.05, 4.69) is 26.1 Å². The number of ether oxygens (including phenoxy) is 1. The molecule has 0 atom stereocenters. The lowest BCUT2D eigenvalue weighted by atomic mass is 10.1. The molecule has 96 valence electrons. The van der Waals surface area contributed by atoms with Crippen LogP contribution in [-0.4, -0.2) is 17.3 Å². The highest BCUT2D eigenvalue weighted by Crippen LogP contribution is 2.37. The molecule has 0 saturated heterocycles. The summed E-state index contributed by atoms with van der Waals surface area (Å²) in [6, 6.07) is 1.63. The third kappa shape index (κ3) is 2.11. The molecule has 1 heterocycles. The zero-order valence-electron chi connectivity index (χ0n) is 9.83. The lowest BCUT2D eigenvalue weighted by Crippen LogP contribution is -1.99. The molecule has 0 aliphatic heterocycles. The number of nitrogens with zero attached hydrogens (tertiary/aromatic N) is 2. The summed E-state index contributed by atoms with van der Waals surface area (Å²) in [7, 11) is 1.46. The molecule has 2 aromatic rings. The van der Waals surface area contributed by atoms with Gasteiger partial charge in [0.2, 0.25) is 11.7 Å². The summed E-state index contributed by atoms with van der Waals surface area (Å²) in [6.45, 7) is 1.90. The predicted octanol–water partition coefficient (Wildman–Crippen LogP) is 2.41. The fourth-order valence-electron chi connectivity index (χ4n) is 1.64. The van der Waals surface area contributed by atoms with E-state index >= 15 is 0 Å². The molecular weight excluding hydrogens is 305 g/mol. The van der Waals surface area contributed by atoms with Crippen molar-refractivity contribution >= 4 is 15.9 Å². The smallest absolute Gasteiger partial charge is 0.240 e. The summed E-state index contributed by atoms with van der Waals surface area (Å²) in [5.74, 6) is 0.236. The Morgan fingerprint density at radius 1 is 1.56 bits per heavy atom. The standard InChI is InChI=1S/C11H11BrFN3O2/c1-5-3-6(12)9(13)8(10(5)17-2)11-15-7(4-14)18-16-11/h3H,4,14H2,1-2H3. The number of aryl methyl sites for hydroxylation is 1. The van der Waals surface area contributed by atoms with Crippen LogP contribution in [0.25, 0.3) is 11.4 Å². The number of hydrogen-bond acceptors (Lipinski definition) is 5. The molecule has 1 aromatic carbocycles. The van der Waals surface area contributed by atoms with Gasteiger partial charge in [0.25, 0.3) is 0 Å². The van der Waals surface area contributed by atoms with Crippen LogP contribution >= 0.6 is 15.9 Å². The van der Waals surface area contributed by atoms with Gasteiger partial charge in [0.15, 0.2) is 5.82 Å². The van der Waals surface area contributed by atoms with Crippen molar-refractivity contribution in [3.63, 3.8) is 0 Å². The van der Waals surface area contributed by atoms with Crippen molar-refractivity contribution in [2.45, 2.75) is 13.5 Å². The number of rotatable bonds is 3. The fourth-order valence-corrected chi connectivity index (χ4v) is 2.18. The number of benzene rings is 1. The topological polar surface area (TPSA) is 74.2 Å². The van der Waals surface area contributed by atoms with Crippen molar-refractivity contribution in [2.75, 3.05) is 7.11 Å². The Morgan fingerprint density at radius 2 is 2.28 bits per heavy atom. The highest BCUT2D eigenvalue weighted by atomic mass is 79.9. The van der Waals surface area contributed by atoms with Gasteiger partial charge in [0.05, 0.1) is 18.1 Å². The van der Waals surface area contributed by atoms with E-state index in [9.17, 15) is 4.39 Å². The minimum absolute atomic E-state index is 0.101. The van der Waals surface area contributed by atoms with Crippen LogP contribution in [0.2, 0.25) is 0 Å². The Balaban J connectivity index is 2.68.